The number of hydrogen-bond acceptors (Lipinski definition) is 2. The van der Waals surface area contributed by atoms with Crippen molar-refractivity contribution in [2.24, 2.45) is 5.92 Å². The lowest BCUT2D eigenvalue weighted by atomic mass is 10.1. The first-order valence-electron chi connectivity index (χ1n) is 3.40. The van der Waals surface area contributed by atoms with Crippen LogP contribution in [0.1, 0.15) is 24.4 Å². The minimum absolute atomic E-state index is 0.0162. The molecule has 0 bridgehead atoms. The molecule has 0 aromatic carbocycles. The molecule has 60 valence electrons. The summed E-state index contributed by atoms with van der Waals surface area (Å²) in [6.45, 7) is 3.69. The molecule has 0 aliphatic carbocycles. The topological polar surface area (TPSA) is 30.2 Å². The van der Waals surface area contributed by atoms with Crippen molar-refractivity contribution in [3.05, 3.63) is 22.6 Å². The Morgan fingerprint density at radius 3 is 2.64 bits per heavy atom. The molecule has 1 aromatic heterocycles. The number of Topliss-reactive ketones (excluding diaryl/α,β-unsaturated/α-hetero) is 1. The third-order valence-corrected chi connectivity index (χ3v) is 1.99. The van der Waals surface area contributed by atoms with Crippen LogP contribution in [0.15, 0.2) is 21.2 Å². The van der Waals surface area contributed by atoms with Crippen molar-refractivity contribution in [3.63, 3.8) is 0 Å². The van der Waals surface area contributed by atoms with Crippen molar-refractivity contribution >= 4 is 21.7 Å². The number of carbonyl (C=O) groups is 1. The van der Waals surface area contributed by atoms with Crippen LogP contribution in [0.4, 0.5) is 0 Å². The van der Waals surface area contributed by atoms with E-state index in [0.717, 1.165) is 4.47 Å². The average Bonchev–Trinajstić information content (AvgIpc) is 2.33. The third-order valence-electron chi connectivity index (χ3n) is 1.37. The lowest BCUT2D eigenvalue weighted by Crippen LogP contribution is -2.06. The molecule has 2 nitrogen and oxygen atoms in total. The number of ketones is 1. The zero-order valence-corrected chi connectivity index (χ0v) is 8.01. The quantitative estimate of drug-likeness (QED) is 0.713. The zero-order valence-electron chi connectivity index (χ0n) is 6.43. The molecule has 11 heavy (non-hydrogen) atoms. The first-order valence-corrected chi connectivity index (χ1v) is 4.19. The van der Waals surface area contributed by atoms with E-state index in [2.05, 4.69) is 15.9 Å². The molecule has 1 aromatic rings. The zero-order chi connectivity index (χ0) is 8.43. The van der Waals surface area contributed by atoms with Gasteiger partial charge in [-0.25, -0.2) is 0 Å². The maximum atomic E-state index is 11.3. The fourth-order valence-electron chi connectivity index (χ4n) is 0.732. The molecule has 0 aliphatic rings. The molecule has 0 fully saturated rings. The molecule has 0 N–H and O–H groups in total. The van der Waals surface area contributed by atoms with E-state index in [9.17, 15) is 4.79 Å². The van der Waals surface area contributed by atoms with Crippen molar-refractivity contribution < 1.29 is 9.21 Å². The van der Waals surface area contributed by atoms with Crippen LogP contribution in [0.5, 0.6) is 0 Å². The molecule has 0 aliphatic heterocycles. The summed E-state index contributed by atoms with van der Waals surface area (Å²) in [6.07, 6.45) is 1.50. The van der Waals surface area contributed by atoms with Gasteiger partial charge in [0.25, 0.3) is 0 Å². The second kappa shape index (κ2) is 3.22. The SMILES string of the molecule is CC(C)C(=O)c1occc1Br. The molecule has 0 amide bonds. The highest BCUT2D eigenvalue weighted by atomic mass is 79.9. The highest BCUT2D eigenvalue weighted by Crippen LogP contribution is 2.20. The second-order valence-electron chi connectivity index (χ2n) is 2.62. The summed E-state index contributed by atoms with van der Waals surface area (Å²) < 4.78 is 5.72. The van der Waals surface area contributed by atoms with Crippen LogP contribution in [0.25, 0.3) is 0 Å². The van der Waals surface area contributed by atoms with Crippen molar-refractivity contribution in [2.45, 2.75) is 13.8 Å². The Hall–Kier alpha value is -0.570. The van der Waals surface area contributed by atoms with E-state index in [1.54, 1.807) is 6.07 Å². The minimum atomic E-state index is -0.0162. The fourth-order valence-corrected chi connectivity index (χ4v) is 1.13. The van der Waals surface area contributed by atoms with E-state index in [0.29, 0.717) is 5.76 Å². The molecular formula is C8H9BrO2. The highest BCUT2D eigenvalue weighted by Gasteiger charge is 2.16. The van der Waals surface area contributed by atoms with E-state index < -0.39 is 0 Å². The monoisotopic (exact) mass is 216 g/mol. The molecule has 0 unspecified atom stereocenters. The molecular weight excluding hydrogens is 208 g/mol. The second-order valence-corrected chi connectivity index (χ2v) is 3.47. The predicted octanol–water partition coefficient (Wildman–Crippen LogP) is 2.88. The maximum absolute atomic E-state index is 11.3. The van der Waals surface area contributed by atoms with Gasteiger partial charge in [0, 0.05) is 5.92 Å². The Bertz CT molecular complexity index is 263. The molecule has 0 saturated carbocycles. The van der Waals surface area contributed by atoms with Crippen LogP contribution in [0.2, 0.25) is 0 Å². The Morgan fingerprint density at radius 1 is 1.64 bits per heavy atom. The molecule has 1 heterocycles. The predicted molar refractivity (Wildman–Crippen MR) is 45.6 cm³/mol. The Kier molecular flexibility index (Phi) is 2.49. The highest BCUT2D eigenvalue weighted by molar-refractivity contribution is 9.10. The standard InChI is InChI=1S/C8H9BrO2/c1-5(2)7(10)8-6(9)3-4-11-8/h3-5H,1-2H3. The molecule has 0 atom stereocenters. The van der Waals surface area contributed by atoms with Gasteiger partial charge in [-0.2, -0.15) is 0 Å². The van der Waals surface area contributed by atoms with Gasteiger partial charge in [-0.3, -0.25) is 4.79 Å². The van der Waals surface area contributed by atoms with Gasteiger partial charge in [-0.15, -0.1) is 0 Å². The molecule has 0 radical (unpaired) electrons. The average molecular weight is 217 g/mol. The van der Waals surface area contributed by atoms with Gasteiger partial charge >= 0.3 is 0 Å². The number of rotatable bonds is 2. The molecule has 3 heteroatoms. The summed E-state index contributed by atoms with van der Waals surface area (Å²) in [4.78, 5) is 11.3. The van der Waals surface area contributed by atoms with Crippen LogP contribution in [-0.4, -0.2) is 5.78 Å². The first-order chi connectivity index (χ1) is 5.13. The van der Waals surface area contributed by atoms with E-state index in [1.807, 2.05) is 13.8 Å². The van der Waals surface area contributed by atoms with E-state index in [-0.39, 0.29) is 11.7 Å². The minimum Gasteiger partial charge on any atom is -0.460 e. The molecule has 1 rings (SSSR count). The summed E-state index contributed by atoms with van der Waals surface area (Å²) in [5, 5.41) is 0. The summed E-state index contributed by atoms with van der Waals surface area (Å²) in [6, 6.07) is 1.72. The lowest BCUT2D eigenvalue weighted by Gasteiger charge is -1.99. The van der Waals surface area contributed by atoms with E-state index >= 15 is 0 Å². The van der Waals surface area contributed by atoms with E-state index in [4.69, 9.17) is 4.42 Å². The molecule has 0 spiro atoms. The van der Waals surface area contributed by atoms with Crippen molar-refractivity contribution in [1.29, 1.82) is 0 Å². The van der Waals surface area contributed by atoms with Crippen molar-refractivity contribution in [2.75, 3.05) is 0 Å². The Labute approximate surface area is 73.7 Å². The van der Waals surface area contributed by atoms with E-state index in [1.165, 1.54) is 6.26 Å². The number of hydrogen-bond donors (Lipinski definition) is 0. The summed E-state index contributed by atoms with van der Waals surface area (Å²) in [5.41, 5.74) is 0. The maximum Gasteiger partial charge on any atom is 0.201 e. The van der Waals surface area contributed by atoms with Crippen LogP contribution in [0, 0.1) is 5.92 Å². The van der Waals surface area contributed by atoms with Crippen molar-refractivity contribution in [3.8, 4) is 0 Å². The van der Waals surface area contributed by atoms with Crippen LogP contribution < -0.4 is 0 Å². The van der Waals surface area contributed by atoms with Gasteiger partial charge in [0.1, 0.15) is 0 Å². The van der Waals surface area contributed by atoms with Crippen LogP contribution >= 0.6 is 15.9 Å². The van der Waals surface area contributed by atoms with Gasteiger partial charge in [0.15, 0.2) is 5.76 Å². The largest absolute Gasteiger partial charge is 0.460 e. The van der Waals surface area contributed by atoms with Gasteiger partial charge in [0.05, 0.1) is 10.7 Å². The lowest BCUT2D eigenvalue weighted by molar-refractivity contribution is 0.0910. The summed E-state index contributed by atoms with van der Waals surface area (Å²) in [7, 11) is 0. The number of carbonyl (C=O) groups excluding carboxylic acids is 1. The van der Waals surface area contributed by atoms with Crippen LogP contribution in [0.3, 0.4) is 0 Å². The van der Waals surface area contributed by atoms with Gasteiger partial charge in [0.2, 0.25) is 5.78 Å². The van der Waals surface area contributed by atoms with Crippen molar-refractivity contribution in [1.82, 2.24) is 0 Å². The summed E-state index contributed by atoms with van der Waals surface area (Å²) in [5.74, 6) is 0.430. The third kappa shape index (κ3) is 1.71. The fraction of sp³-hybridized carbons (Fsp3) is 0.375. The number of halogens is 1. The normalized spacial score (nSPS) is 10.5. The summed E-state index contributed by atoms with van der Waals surface area (Å²) >= 11 is 3.22. The van der Waals surface area contributed by atoms with Gasteiger partial charge in [-0.1, -0.05) is 13.8 Å². The van der Waals surface area contributed by atoms with Gasteiger partial charge < -0.3 is 4.42 Å². The first kappa shape index (κ1) is 8.53. The molecule has 0 saturated heterocycles. The Morgan fingerprint density at radius 2 is 2.27 bits per heavy atom. The Balaban J connectivity index is 2.93. The van der Waals surface area contributed by atoms with Gasteiger partial charge in [-0.05, 0) is 22.0 Å². The number of furan rings is 1. The smallest absolute Gasteiger partial charge is 0.201 e. The van der Waals surface area contributed by atoms with Crippen LogP contribution in [-0.2, 0) is 0 Å².